The molecule has 2 nitrogen and oxygen atoms in total. The van der Waals surface area contributed by atoms with Crippen LogP contribution in [0.5, 0.6) is 0 Å². The van der Waals surface area contributed by atoms with Crippen molar-refractivity contribution in [3.63, 3.8) is 0 Å². The Morgan fingerprint density at radius 2 is 2.06 bits per heavy atom. The Hall–Kier alpha value is -0.900. The van der Waals surface area contributed by atoms with Crippen LogP contribution in [0.2, 0.25) is 5.02 Å². The van der Waals surface area contributed by atoms with Gasteiger partial charge in [0.05, 0.1) is 5.69 Å². The number of benzene rings is 1. The van der Waals surface area contributed by atoms with Crippen LogP contribution < -0.4 is 5.32 Å². The molecule has 2 aromatic rings. The van der Waals surface area contributed by atoms with E-state index in [9.17, 15) is 0 Å². The molecule has 96 valence electrons. The number of nitrogens with zero attached hydrogens (tertiary/aromatic N) is 1. The molecule has 18 heavy (non-hydrogen) atoms. The number of thiazole rings is 1. The predicted octanol–water partition coefficient (Wildman–Crippen LogP) is 4.26. The number of hydrogen-bond acceptors (Lipinski definition) is 3. The lowest BCUT2D eigenvalue weighted by Crippen LogP contribution is -2.18. The maximum absolute atomic E-state index is 6.18. The van der Waals surface area contributed by atoms with Gasteiger partial charge in [-0.3, -0.25) is 0 Å². The first-order valence-corrected chi connectivity index (χ1v) is 7.18. The van der Waals surface area contributed by atoms with Crippen molar-refractivity contribution in [2.24, 2.45) is 0 Å². The Morgan fingerprint density at radius 3 is 2.67 bits per heavy atom. The first-order chi connectivity index (χ1) is 8.58. The maximum atomic E-state index is 6.18. The van der Waals surface area contributed by atoms with Crippen LogP contribution in [-0.2, 0) is 6.54 Å². The van der Waals surface area contributed by atoms with Crippen molar-refractivity contribution in [1.82, 2.24) is 10.3 Å². The number of hydrogen-bond donors (Lipinski definition) is 1. The minimum absolute atomic E-state index is 0.225. The summed E-state index contributed by atoms with van der Waals surface area (Å²) in [6.07, 6.45) is 0. The van der Waals surface area contributed by atoms with Gasteiger partial charge in [0.2, 0.25) is 0 Å². The zero-order chi connectivity index (χ0) is 13.1. The zero-order valence-electron chi connectivity index (χ0n) is 10.8. The molecule has 1 aromatic heterocycles. The van der Waals surface area contributed by atoms with Gasteiger partial charge in [-0.15, -0.1) is 11.3 Å². The fourth-order valence-electron chi connectivity index (χ4n) is 1.79. The van der Waals surface area contributed by atoms with Crippen molar-refractivity contribution >= 4 is 22.9 Å². The molecule has 0 aliphatic heterocycles. The van der Waals surface area contributed by atoms with Crippen LogP contribution in [0.15, 0.2) is 24.3 Å². The summed E-state index contributed by atoms with van der Waals surface area (Å²) in [5.41, 5.74) is 2.26. The molecule has 0 radical (unpaired) electrons. The van der Waals surface area contributed by atoms with E-state index in [0.29, 0.717) is 0 Å². The lowest BCUT2D eigenvalue weighted by atomic mass is 10.1. The molecule has 0 saturated heterocycles. The summed E-state index contributed by atoms with van der Waals surface area (Å²) >= 11 is 7.93. The molecule has 2 rings (SSSR count). The van der Waals surface area contributed by atoms with Gasteiger partial charge in [-0.2, -0.15) is 0 Å². The molecule has 0 saturated carbocycles. The van der Waals surface area contributed by atoms with E-state index < -0.39 is 0 Å². The molecule has 0 aliphatic carbocycles. The highest BCUT2D eigenvalue weighted by molar-refractivity contribution is 7.11. The zero-order valence-corrected chi connectivity index (χ0v) is 12.4. The van der Waals surface area contributed by atoms with E-state index in [1.807, 2.05) is 25.1 Å². The summed E-state index contributed by atoms with van der Waals surface area (Å²) < 4.78 is 0. The fourth-order valence-corrected chi connectivity index (χ4v) is 2.98. The van der Waals surface area contributed by atoms with E-state index in [1.165, 1.54) is 4.88 Å². The fraction of sp³-hybridized carbons (Fsp3) is 0.357. The number of aryl methyl sites for hydroxylation is 2. The third-order valence-corrected chi connectivity index (χ3v) is 4.42. The van der Waals surface area contributed by atoms with E-state index >= 15 is 0 Å². The van der Waals surface area contributed by atoms with Gasteiger partial charge >= 0.3 is 0 Å². The highest BCUT2D eigenvalue weighted by Crippen LogP contribution is 2.23. The van der Waals surface area contributed by atoms with Crippen LogP contribution in [0.25, 0.3) is 0 Å². The smallest absolute Gasteiger partial charge is 0.107 e. The van der Waals surface area contributed by atoms with Gasteiger partial charge in [0.25, 0.3) is 0 Å². The highest BCUT2D eigenvalue weighted by Gasteiger charge is 2.10. The largest absolute Gasteiger partial charge is 0.304 e. The SMILES string of the molecule is Cc1nc(CN[C@@H](C)c2ccccc2Cl)sc1C. The van der Waals surface area contributed by atoms with Crippen molar-refractivity contribution in [3.8, 4) is 0 Å². The van der Waals surface area contributed by atoms with Crippen molar-refractivity contribution in [3.05, 3.63) is 50.4 Å². The number of aromatic nitrogens is 1. The third-order valence-electron chi connectivity index (χ3n) is 3.00. The molecule has 1 heterocycles. The van der Waals surface area contributed by atoms with Gasteiger partial charge in [-0.05, 0) is 32.4 Å². The van der Waals surface area contributed by atoms with Gasteiger partial charge in [0, 0.05) is 22.5 Å². The first-order valence-electron chi connectivity index (χ1n) is 5.98. The summed E-state index contributed by atoms with van der Waals surface area (Å²) in [6, 6.07) is 8.16. The summed E-state index contributed by atoms with van der Waals surface area (Å²) in [5.74, 6) is 0. The summed E-state index contributed by atoms with van der Waals surface area (Å²) in [7, 11) is 0. The normalized spacial score (nSPS) is 12.7. The average molecular weight is 281 g/mol. The molecule has 0 bridgehead atoms. The molecule has 0 aliphatic rings. The highest BCUT2D eigenvalue weighted by atomic mass is 35.5. The van der Waals surface area contributed by atoms with Crippen molar-refractivity contribution in [2.45, 2.75) is 33.4 Å². The lowest BCUT2D eigenvalue weighted by molar-refractivity contribution is 0.573. The minimum atomic E-state index is 0.225. The summed E-state index contributed by atoms with van der Waals surface area (Å²) in [6.45, 7) is 7.06. The van der Waals surface area contributed by atoms with Crippen molar-refractivity contribution < 1.29 is 0 Å². The van der Waals surface area contributed by atoms with Crippen LogP contribution in [0.3, 0.4) is 0 Å². The Kier molecular flexibility index (Phi) is 4.38. The van der Waals surface area contributed by atoms with Gasteiger partial charge in [0.1, 0.15) is 5.01 Å². The molecule has 4 heteroatoms. The quantitative estimate of drug-likeness (QED) is 0.905. The van der Waals surface area contributed by atoms with Crippen LogP contribution in [0, 0.1) is 13.8 Å². The number of halogens is 1. The van der Waals surface area contributed by atoms with Gasteiger partial charge in [0.15, 0.2) is 0 Å². The Balaban J connectivity index is 2.00. The van der Waals surface area contributed by atoms with E-state index in [1.54, 1.807) is 11.3 Å². The average Bonchev–Trinajstić information content (AvgIpc) is 2.66. The van der Waals surface area contributed by atoms with E-state index in [0.717, 1.165) is 27.8 Å². The second-order valence-electron chi connectivity index (χ2n) is 4.37. The van der Waals surface area contributed by atoms with E-state index in [-0.39, 0.29) is 6.04 Å². The minimum Gasteiger partial charge on any atom is -0.304 e. The first kappa shape index (κ1) is 13.5. The molecule has 0 fully saturated rings. The Labute approximate surface area is 117 Å². The molecular weight excluding hydrogens is 264 g/mol. The molecule has 0 spiro atoms. The number of nitrogens with one attached hydrogen (secondary N) is 1. The molecule has 1 aromatic carbocycles. The van der Waals surface area contributed by atoms with Crippen molar-refractivity contribution in [1.29, 1.82) is 0 Å². The van der Waals surface area contributed by atoms with Gasteiger partial charge in [-0.1, -0.05) is 29.8 Å². The molecular formula is C14H17ClN2S. The summed E-state index contributed by atoms with van der Waals surface area (Å²) in [4.78, 5) is 5.81. The Morgan fingerprint density at radius 1 is 1.33 bits per heavy atom. The monoisotopic (exact) mass is 280 g/mol. The van der Waals surface area contributed by atoms with Crippen LogP contribution in [0.4, 0.5) is 0 Å². The van der Waals surface area contributed by atoms with E-state index in [2.05, 4.69) is 30.2 Å². The second-order valence-corrected chi connectivity index (χ2v) is 6.07. The molecule has 1 atom stereocenters. The van der Waals surface area contributed by atoms with Gasteiger partial charge in [-0.25, -0.2) is 4.98 Å². The summed E-state index contributed by atoms with van der Waals surface area (Å²) in [5, 5.41) is 5.40. The van der Waals surface area contributed by atoms with Gasteiger partial charge < -0.3 is 5.32 Å². The van der Waals surface area contributed by atoms with E-state index in [4.69, 9.17) is 11.6 Å². The number of rotatable bonds is 4. The second kappa shape index (κ2) is 5.83. The van der Waals surface area contributed by atoms with Crippen LogP contribution in [-0.4, -0.2) is 4.98 Å². The van der Waals surface area contributed by atoms with Crippen molar-refractivity contribution in [2.75, 3.05) is 0 Å². The molecule has 1 N–H and O–H groups in total. The lowest BCUT2D eigenvalue weighted by Gasteiger charge is -2.14. The maximum Gasteiger partial charge on any atom is 0.107 e. The predicted molar refractivity (Wildman–Crippen MR) is 78.3 cm³/mol. The van der Waals surface area contributed by atoms with Crippen LogP contribution in [0.1, 0.15) is 34.1 Å². The third kappa shape index (κ3) is 3.10. The molecule has 0 amide bonds. The molecule has 0 unspecified atom stereocenters. The Bertz CT molecular complexity index is 517. The van der Waals surface area contributed by atoms with Crippen LogP contribution >= 0.6 is 22.9 Å². The topological polar surface area (TPSA) is 24.9 Å². The standard InChI is InChI=1S/C14H17ClN2S/c1-9-11(3)18-14(17-9)8-16-10(2)12-6-4-5-7-13(12)15/h4-7,10,16H,8H2,1-3H3/t10-/m0/s1.